The van der Waals surface area contributed by atoms with Gasteiger partial charge in [0.05, 0.1) is 0 Å². The van der Waals surface area contributed by atoms with Crippen LogP contribution < -0.4 is 5.46 Å². The second-order valence-corrected chi connectivity index (χ2v) is 1.89. The van der Waals surface area contributed by atoms with E-state index in [1.54, 1.807) is 18.2 Å². The van der Waals surface area contributed by atoms with Gasteiger partial charge < -0.3 is 5.11 Å². The number of phenolic OH excluding ortho intramolecular Hbond substituents is 1. The zero-order valence-corrected chi connectivity index (χ0v) is 5.47. The lowest BCUT2D eigenvalue weighted by Gasteiger charge is -1.94. The van der Waals surface area contributed by atoms with Gasteiger partial charge in [-0.15, -0.1) is 0 Å². The zero-order valence-electron chi connectivity index (χ0n) is 4.71. The fraction of sp³-hybridized carbons (Fsp3) is 0. The van der Waals surface area contributed by atoms with E-state index < -0.39 is 0 Å². The molecule has 0 unspecified atom stereocenters. The normalized spacial score (nSPS) is 9.00. The van der Waals surface area contributed by atoms with Gasteiger partial charge in [0.2, 0.25) is 0 Å². The fourth-order valence-electron chi connectivity index (χ4n) is 0.580. The highest BCUT2D eigenvalue weighted by Crippen LogP contribution is 2.01. The van der Waals surface area contributed by atoms with Crippen LogP contribution in [0.25, 0.3) is 0 Å². The summed E-state index contributed by atoms with van der Waals surface area (Å²) < 4.78 is 0. The van der Waals surface area contributed by atoms with Gasteiger partial charge in [-0.2, -0.15) is 11.5 Å². The summed E-state index contributed by atoms with van der Waals surface area (Å²) in [5.74, 6) is 0.215. The molecular formula is C6H5BClO. The number of aromatic hydroxyl groups is 1. The van der Waals surface area contributed by atoms with Crippen molar-refractivity contribution in [2.75, 3.05) is 0 Å². The smallest absolute Gasteiger partial charge is 0.279 e. The lowest BCUT2D eigenvalue weighted by Crippen LogP contribution is -2.07. The standard InChI is InChI=1S/C6H5BClO/c8-7-5-3-1-2-4-6(5)9/h1-4,9H. The van der Waals surface area contributed by atoms with Crippen molar-refractivity contribution in [1.82, 2.24) is 0 Å². The molecule has 0 saturated heterocycles. The summed E-state index contributed by atoms with van der Waals surface area (Å²) in [6.45, 7) is 1.34. The van der Waals surface area contributed by atoms with Gasteiger partial charge in [0, 0.05) is 0 Å². The van der Waals surface area contributed by atoms with Crippen LogP contribution >= 0.6 is 11.5 Å². The number of hydrogen-bond acceptors (Lipinski definition) is 1. The van der Waals surface area contributed by atoms with Gasteiger partial charge in [-0.05, 0) is 11.5 Å². The van der Waals surface area contributed by atoms with Gasteiger partial charge in [0.1, 0.15) is 5.75 Å². The minimum absolute atomic E-state index is 0.215. The molecule has 1 aromatic carbocycles. The first-order valence-electron chi connectivity index (χ1n) is 2.56. The molecule has 0 aliphatic heterocycles. The molecule has 0 heterocycles. The van der Waals surface area contributed by atoms with Gasteiger partial charge in [-0.1, -0.05) is 18.2 Å². The van der Waals surface area contributed by atoms with Crippen molar-refractivity contribution in [3.8, 4) is 5.75 Å². The lowest BCUT2D eigenvalue weighted by molar-refractivity contribution is 0.479. The van der Waals surface area contributed by atoms with Crippen LogP contribution in [0.15, 0.2) is 24.3 Å². The Morgan fingerprint density at radius 3 is 2.44 bits per heavy atom. The van der Waals surface area contributed by atoms with E-state index in [2.05, 4.69) is 0 Å². The number of phenols is 1. The van der Waals surface area contributed by atoms with E-state index in [4.69, 9.17) is 16.6 Å². The molecule has 0 aliphatic rings. The second kappa shape index (κ2) is 2.78. The number of rotatable bonds is 1. The second-order valence-electron chi connectivity index (χ2n) is 1.67. The van der Waals surface area contributed by atoms with E-state index >= 15 is 0 Å². The Labute approximate surface area is 59.4 Å². The molecule has 0 atom stereocenters. The minimum atomic E-state index is 0.215. The first-order valence-corrected chi connectivity index (χ1v) is 2.99. The molecule has 3 heteroatoms. The molecule has 0 spiro atoms. The summed E-state index contributed by atoms with van der Waals surface area (Å²) in [4.78, 5) is 0. The predicted octanol–water partition coefficient (Wildman–Crippen LogP) is 0.875. The van der Waals surface area contributed by atoms with Gasteiger partial charge in [0.15, 0.2) is 0 Å². The van der Waals surface area contributed by atoms with Crippen molar-refractivity contribution in [2.45, 2.75) is 0 Å². The minimum Gasteiger partial charge on any atom is -0.508 e. The molecule has 0 amide bonds. The van der Waals surface area contributed by atoms with Crippen LogP contribution in [0.5, 0.6) is 5.75 Å². The van der Waals surface area contributed by atoms with Crippen molar-refractivity contribution >= 4 is 23.6 Å². The summed E-state index contributed by atoms with van der Waals surface area (Å²) in [6, 6.07) is 6.89. The Morgan fingerprint density at radius 1 is 1.33 bits per heavy atom. The maximum absolute atomic E-state index is 8.99. The summed E-state index contributed by atoms with van der Waals surface area (Å²) in [7, 11) is 0. The molecule has 1 radical (unpaired) electrons. The van der Waals surface area contributed by atoms with E-state index in [1.165, 1.54) is 6.69 Å². The highest BCUT2D eigenvalue weighted by Gasteiger charge is 1.96. The van der Waals surface area contributed by atoms with Crippen LogP contribution in [0.3, 0.4) is 0 Å². The van der Waals surface area contributed by atoms with Crippen molar-refractivity contribution in [1.29, 1.82) is 0 Å². The summed E-state index contributed by atoms with van der Waals surface area (Å²) in [5.41, 5.74) is 0.652. The third-order valence-corrected chi connectivity index (χ3v) is 1.29. The third-order valence-electron chi connectivity index (χ3n) is 1.05. The molecule has 1 N–H and O–H groups in total. The Morgan fingerprint density at radius 2 is 2.00 bits per heavy atom. The number of hydrogen-bond donors (Lipinski definition) is 1. The van der Waals surface area contributed by atoms with Crippen LogP contribution in [0.1, 0.15) is 0 Å². The average molecular weight is 139 g/mol. The Kier molecular flexibility index (Phi) is 2.01. The highest BCUT2D eigenvalue weighted by molar-refractivity contribution is 7.01. The van der Waals surface area contributed by atoms with E-state index in [-0.39, 0.29) is 5.75 Å². The Bertz CT molecular complexity index is 202. The van der Waals surface area contributed by atoms with Gasteiger partial charge >= 0.3 is 0 Å². The summed E-state index contributed by atoms with van der Waals surface area (Å²) in [6.07, 6.45) is 0. The largest absolute Gasteiger partial charge is 0.508 e. The Hall–Kier alpha value is -0.625. The zero-order chi connectivity index (χ0) is 6.69. The molecule has 1 rings (SSSR count). The van der Waals surface area contributed by atoms with Crippen molar-refractivity contribution in [3.63, 3.8) is 0 Å². The van der Waals surface area contributed by atoms with E-state index in [0.717, 1.165) is 0 Å². The van der Waals surface area contributed by atoms with E-state index in [0.29, 0.717) is 5.46 Å². The molecule has 0 fully saturated rings. The van der Waals surface area contributed by atoms with Gasteiger partial charge in [-0.3, -0.25) is 0 Å². The topological polar surface area (TPSA) is 20.2 Å². The Balaban J connectivity index is 3.01. The number of halogens is 1. The van der Waals surface area contributed by atoms with Crippen LogP contribution in [0.2, 0.25) is 0 Å². The molecule has 0 bridgehead atoms. The predicted molar refractivity (Wildman–Crippen MR) is 39.3 cm³/mol. The molecule has 0 aliphatic carbocycles. The summed E-state index contributed by atoms with van der Waals surface area (Å²) in [5, 5.41) is 8.99. The molecule has 0 saturated carbocycles. The molecule has 0 aromatic heterocycles. The van der Waals surface area contributed by atoms with E-state index in [1.807, 2.05) is 6.07 Å². The van der Waals surface area contributed by atoms with Crippen molar-refractivity contribution in [2.24, 2.45) is 0 Å². The van der Waals surface area contributed by atoms with Crippen LogP contribution in [-0.2, 0) is 0 Å². The molecular weight excluding hydrogens is 134 g/mol. The first kappa shape index (κ1) is 6.49. The summed E-state index contributed by atoms with van der Waals surface area (Å²) >= 11 is 5.35. The average Bonchev–Trinajstić information content (AvgIpc) is 1.89. The molecule has 45 valence electrons. The van der Waals surface area contributed by atoms with Crippen LogP contribution in [0, 0.1) is 0 Å². The number of para-hydroxylation sites is 1. The first-order chi connectivity index (χ1) is 4.34. The van der Waals surface area contributed by atoms with Crippen LogP contribution in [0.4, 0.5) is 0 Å². The van der Waals surface area contributed by atoms with Gasteiger partial charge in [-0.25, -0.2) is 0 Å². The third kappa shape index (κ3) is 1.39. The van der Waals surface area contributed by atoms with Crippen molar-refractivity contribution in [3.05, 3.63) is 24.3 Å². The molecule has 1 nitrogen and oxygen atoms in total. The maximum atomic E-state index is 8.99. The molecule has 9 heavy (non-hydrogen) atoms. The highest BCUT2D eigenvalue weighted by atomic mass is 35.5. The van der Waals surface area contributed by atoms with Crippen LogP contribution in [-0.4, -0.2) is 11.8 Å². The lowest BCUT2D eigenvalue weighted by atomic mass is 9.94. The number of benzene rings is 1. The van der Waals surface area contributed by atoms with Crippen molar-refractivity contribution < 1.29 is 5.11 Å². The SMILES string of the molecule is Oc1ccccc1[B]Cl. The van der Waals surface area contributed by atoms with Gasteiger partial charge in [0.25, 0.3) is 6.69 Å². The monoisotopic (exact) mass is 139 g/mol. The molecule has 1 aromatic rings. The fourth-order valence-corrected chi connectivity index (χ4v) is 0.764. The quantitative estimate of drug-likeness (QED) is 0.573. The maximum Gasteiger partial charge on any atom is 0.279 e. The van der Waals surface area contributed by atoms with E-state index in [9.17, 15) is 0 Å².